The number of nitriles is 1. The molecule has 78 valence electrons. The summed E-state index contributed by atoms with van der Waals surface area (Å²) >= 11 is 1.40. The summed E-state index contributed by atoms with van der Waals surface area (Å²) in [6, 6.07) is 10.5. The molecule has 0 unspecified atom stereocenters. The Morgan fingerprint density at radius 1 is 1.40 bits per heavy atom. The van der Waals surface area contributed by atoms with E-state index >= 15 is 0 Å². The van der Waals surface area contributed by atoms with Gasteiger partial charge in [-0.25, -0.2) is 0 Å². The molecule has 0 amide bonds. The molecule has 1 aromatic carbocycles. The average Bonchev–Trinajstić information content (AvgIpc) is 2.17. The third-order valence-electron chi connectivity index (χ3n) is 2.66. The SMILES string of the molecule is CC1(SC#N)CN(Cc2ccccc2)C1. The van der Waals surface area contributed by atoms with Crippen molar-refractivity contribution in [3.63, 3.8) is 0 Å². The highest BCUT2D eigenvalue weighted by Gasteiger charge is 2.39. The lowest BCUT2D eigenvalue weighted by Crippen LogP contribution is -2.56. The molecule has 0 N–H and O–H groups in total. The largest absolute Gasteiger partial charge is 0.296 e. The summed E-state index contributed by atoms with van der Waals surface area (Å²) in [4.78, 5) is 2.37. The first-order chi connectivity index (χ1) is 7.22. The third kappa shape index (κ3) is 2.53. The molecular formula is C12H14N2S. The van der Waals surface area contributed by atoms with Crippen molar-refractivity contribution in [2.24, 2.45) is 0 Å². The van der Waals surface area contributed by atoms with Gasteiger partial charge in [0, 0.05) is 19.6 Å². The molecular weight excluding hydrogens is 204 g/mol. The zero-order chi connectivity index (χ0) is 10.7. The van der Waals surface area contributed by atoms with Crippen LogP contribution >= 0.6 is 11.8 Å². The van der Waals surface area contributed by atoms with E-state index in [1.807, 2.05) is 6.07 Å². The van der Waals surface area contributed by atoms with Crippen LogP contribution in [0.3, 0.4) is 0 Å². The fourth-order valence-corrected chi connectivity index (χ4v) is 2.74. The third-order valence-corrected chi connectivity index (χ3v) is 3.50. The van der Waals surface area contributed by atoms with E-state index < -0.39 is 0 Å². The van der Waals surface area contributed by atoms with Gasteiger partial charge in [-0.15, -0.1) is 0 Å². The van der Waals surface area contributed by atoms with E-state index in [9.17, 15) is 0 Å². The van der Waals surface area contributed by atoms with Crippen molar-refractivity contribution in [1.29, 1.82) is 5.26 Å². The molecule has 2 rings (SSSR count). The second-order valence-electron chi connectivity index (χ2n) is 4.27. The van der Waals surface area contributed by atoms with E-state index in [0.717, 1.165) is 19.6 Å². The number of nitrogens with zero attached hydrogens (tertiary/aromatic N) is 2. The van der Waals surface area contributed by atoms with E-state index in [1.54, 1.807) is 0 Å². The van der Waals surface area contributed by atoms with Crippen LogP contribution in [0.15, 0.2) is 30.3 Å². The minimum absolute atomic E-state index is 0.156. The first-order valence-corrected chi connectivity index (χ1v) is 5.87. The van der Waals surface area contributed by atoms with Crippen LogP contribution in [-0.2, 0) is 6.54 Å². The van der Waals surface area contributed by atoms with Crippen LogP contribution in [0.1, 0.15) is 12.5 Å². The highest BCUT2D eigenvalue weighted by atomic mass is 32.2. The molecule has 0 saturated carbocycles. The molecule has 0 bridgehead atoms. The Kier molecular flexibility index (Phi) is 2.99. The molecule has 2 nitrogen and oxygen atoms in total. The van der Waals surface area contributed by atoms with Gasteiger partial charge in [0.05, 0.1) is 4.75 Å². The Balaban J connectivity index is 1.84. The molecule has 3 heteroatoms. The van der Waals surface area contributed by atoms with Gasteiger partial charge in [-0.05, 0) is 24.2 Å². The minimum atomic E-state index is 0.156. The van der Waals surface area contributed by atoms with Gasteiger partial charge < -0.3 is 0 Å². The summed E-state index contributed by atoms with van der Waals surface area (Å²) in [7, 11) is 0. The molecule has 1 aromatic rings. The van der Waals surface area contributed by atoms with Gasteiger partial charge in [-0.2, -0.15) is 5.26 Å². The van der Waals surface area contributed by atoms with Gasteiger partial charge in [-0.3, -0.25) is 4.90 Å². The molecule has 1 fully saturated rings. The number of benzene rings is 1. The van der Waals surface area contributed by atoms with Crippen LogP contribution in [0.4, 0.5) is 0 Å². The second kappa shape index (κ2) is 4.26. The Morgan fingerprint density at radius 2 is 2.07 bits per heavy atom. The number of hydrogen-bond donors (Lipinski definition) is 0. The average molecular weight is 218 g/mol. The number of thioether (sulfide) groups is 1. The summed E-state index contributed by atoms with van der Waals surface area (Å²) in [5, 5.41) is 10.8. The molecule has 1 aliphatic heterocycles. The maximum absolute atomic E-state index is 8.64. The Hall–Kier alpha value is -0.980. The van der Waals surface area contributed by atoms with Gasteiger partial charge in [0.15, 0.2) is 0 Å². The van der Waals surface area contributed by atoms with E-state index in [1.165, 1.54) is 17.3 Å². The zero-order valence-electron chi connectivity index (χ0n) is 8.81. The maximum Gasteiger partial charge on any atom is 0.134 e. The van der Waals surface area contributed by atoms with Gasteiger partial charge in [0.1, 0.15) is 5.40 Å². The minimum Gasteiger partial charge on any atom is -0.296 e. The van der Waals surface area contributed by atoms with Gasteiger partial charge in [-0.1, -0.05) is 30.3 Å². The highest BCUT2D eigenvalue weighted by Crippen LogP contribution is 2.34. The normalized spacial score (nSPS) is 19.2. The van der Waals surface area contributed by atoms with E-state index in [4.69, 9.17) is 5.26 Å². The fourth-order valence-electron chi connectivity index (χ4n) is 2.03. The summed E-state index contributed by atoms with van der Waals surface area (Å²) in [5.41, 5.74) is 1.35. The maximum atomic E-state index is 8.64. The monoisotopic (exact) mass is 218 g/mol. The second-order valence-corrected chi connectivity index (χ2v) is 5.65. The number of thiocyanates is 1. The van der Waals surface area contributed by atoms with Crippen LogP contribution in [0.25, 0.3) is 0 Å². The standard InChI is InChI=1S/C12H14N2S/c1-12(15-10-13)8-14(9-12)7-11-5-3-2-4-6-11/h2-6H,7-9H2,1H3. The van der Waals surface area contributed by atoms with Gasteiger partial charge in [0.25, 0.3) is 0 Å². The molecule has 15 heavy (non-hydrogen) atoms. The Morgan fingerprint density at radius 3 is 2.67 bits per heavy atom. The van der Waals surface area contributed by atoms with E-state index in [0.29, 0.717) is 0 Å². The van der Waals surface area contributed by atoms with Gasteiger partial charge in [0.2, 0.25) is 0 Å². The smallest absolute Gasteiger partial charge is 0.134 e. The number of rotatable bonds is 3. The number of likely N-dealkylation sites (tertiary alicyclic amines) is 1. The number of hydrogen-bond acceptors (Lipinski definition) is 3. The quantitative estimate of drug-likeness (QED) is 0.729. The van der Waals surface area contributed by atoms with Crippen LogP contribution < -0.4 is 0 Å². The zero-order valence-corrected chi connectivity index (χ0v) is 9.63. The van der Waals surface area contributed by atoms with Crippen molar-refractivity contribution in [3.05, 3.63) is 35.9 Å². The summed E-state index contributed by atoms with van der Waals surface area (Å²) in [6.45, 7) is 5.19. The fraction of sp³-hybridized carbons (Fsp3) is 0.417. The Bertz CT molecular complexity index is 363. The van der Waals surface area contributed by atoms with Crippen molar-refractivity contribution in [2.75, 3.05) is 13.1 Å². The molecule has 0 spiro atoms. The summed E-state index contributed by atoms with van der Waals surface area (Å²) in [5.74, 6) is 0. The van der Waals surface area contributed by atoms with Crippen molar-refractivity contribution in [2.45, 2.75) is 18.2 Å². The van der Waals surface area contributed by atoms with E-state index in [2.05, 4.69) is 41.5 Å². The molecule has 1 aliphatic rings. The summed E-state index contributed by atoms with van der Waals surface area (Å²) in [6.07, 6.45) is 0. The first kappa shape index (κ1) is 10.5. The van der Waals surface area contributed by atoms with Crippen molar-refractivity contribution in [3.8, 4) is 5.40 Å². The van der Waals surface area contributed by atoms with Crippen LogP contribution in [0, 0.1) is 10.7 Å². The summed E-state index contributed by atoms with van der Waals surface area (Å²) < 4.78 is 0.156. The predicted molar refractivity (Wildman–Crippen MR) is 63.3 cm³/mol. The molecule has 0 aromatic heterocycles. The van der Waals surface area contributed by atoms with Crippen LogP contribution in [0.5, 0.6) is 0 Å². The van der Waals surface area contributed by atoms with Crippen molar-refractivity contribution >= 4 is 11.8 Å². The van der Waals surface area contributed by atoms with Crippen molar-refractivity contribution in [1.82, 2.24) is 4.90 Å². The molecule has 1 heterocycles. The Labute approximate surface area is 94.9 Å². The van der Waals surface area contributed by atoms with Crippen molar-refractivity contribution < 1.29 is 0 Å². The topological polar surface area (TPSA) is 27.0 Å². The molecule has 0 aliphatic carbocycles. The molecule has 0 radical (unpaired) electrons. The van der Waals surface area contributed by atoms with Crippen LogP contribution in [-0.4, -0.2) is 22.7 Å². The molecule has 1 saturated heterocycles. The van der Waals surface area contributed by atoms with Crippen LogP contribution in [0.2, 0.25) is 0 Å². The van der Waals surface area contributed by atoms with Gasteiger partial charge >= 0.3 is 0 Å². The highest BCUT2D eigenvalue weighted by molar-refractivity contribution is 8.05. The first-order valence-electron chi connectivity index (χ1n) is 5.05. The molecule has 0 atom stereocenters. The lowest BCUT2D eigenvalue weighted by Gasteiger charge is -2.46. The lowest BCUT2D eigenvalue weighted by molar-refractivity contribution is 0.130. The predicted octanol–water partition coefficient (Wildman–Crippen LogP) is 2.48. The lowest BCUT2D eigenvalue weighted by atomic mass is 10.0. The van der Waals surface area contributed by atoms with E-state index in [-0.39, 0.29) is 4.75 Å².